The summed E-state index contributed by atoms with van der Waals surface area (Å²) in [6.07, 6.45) is 0. The Hall–Kier alpha value is -3.16. The topological polar surface area (TPSA) is 66.8 Å². The van der Waals surface area contributed by atoms with Crippen LogP contribution in [0, 0.1) is 12.7 Å². The summed E-state index contributed by atoms with van der Waals surface area (Å²) in [6.45, 7) is 4.07. The van der Waals surface area contributed by atoms with E-state index in [1.54, 1.807) is 18.2 Å². The number of carbonyl (C=O) groups excluding carboxylic acids is 2. The van der Waals surface area contributed by atoms with Crippen molar-refractivity contribution in [2.24, 2.45) is 0 Å². The molecular formula is C24H19ClFNO4S. The van der Waals surface area contributed by atoms with E-state index in [4.69, 9.17) is 16.3 Å². The SMILES string of the molecule is CCOc1ccc(Cl)c(/C(O)=C2/C(=O)C(=O)N(c3cccc(F)c3)C2c2sccc2C)c1. The van der Waals surface area contributed by atoms with Crippen molar-refractivity contribution < 1.29 is 23.8 Å². The van der Waals surface area contributed by atoms with E-state index in [-0.39, 0.29) is 21.8 Å². The van der Waals surface area contributed by atoms with Gasteiger partial charge in [0.1, 0.15) is 23.4 Å². The van der Waals surface area contributed by atoms with Gasteiger partial charge in [-0.3, -0.25) is 14.5 Å². The largest absolute Gasteiger partial charge is 0.507 e. The third-order valence-corrected chi connectivity index (χ3v) is 6.59. The number of nitrogens with zero attached hydrogens (tertiary/aromatic N) is 1. The van der Waals surface area contributed by atoms with Crippen LogP contribution in [0.5, 0.6) is 5.75 Å². The van der Waals surface area contributed by atoms with Crippen LogP contribution in [0.1, 0.15) is 29.0 Å². The third-order valence-electron chi connectivity index (χ3n) is 5.18. The van der Waals surface area contributed by atoms with E-state index in [1.807, 2.05) is 25.3 Å². The molecule has 1 aromatic heterocycles. The lowest BCUT2D eigenvalue weighted by molar-refractivity contribution is -0.132. The number of carbonyl (C=O) groups is 2. The van der Waals surface area contributed by atoms with Crippen LogP contribution >= 0.6 is 22.9 Å². The molecule has 0 aliphatic carbocycles. The average molecular weight is 472 g/mol. The summed E-state index contributed by atoms with van der Waals surface area (Å²) in [5.74, 6) is -2.22. The maximum Gasteiger partial charge on any atom is 0.300 e. The van der Waals surface area contributed by atoms with Crippen molar-refractivity contribution in [3.05, 3.63) is 86.3 Å². The standard InChI is InChI=1S/C24H19ClFNO4S/c1-3-31-16-7-8-18(25)17(12-16)21(28)19-20(23-13(2)9-10-32-23)27(24(30)22(19)29)15-6-4-5-14(26)11-15/h4-12,20,28H,3H2,1-2H3/b21-19-. The maximum atomic E-state index is 14.0. The molecule has 8 heteroatoms. The molecular weight excluding hydrogens is 453 g/mol. The van der Waals surface area contributed by atoms with Gasteiger partial charge in [0.25, 0.3) is 11.7 Å². The molecule has 4 rings (SSSR count). The molecule has 1 N–H and O–H groups in total. The summed E-state index contributed by atoms with van der Waals surface area (Å²) in [5.41, 5.74) is 1.12. The first kappa shape index (κ1) is 22.0. The van der Waals surface area contributed by atoms with Gasteiger partial charge in [-0.05, 0) is 67.3 Å². The normalized spacial score (nSPS) is 17.8. The number of halogens is 2. The first-order valence-corrected chi connectivity index (χ1v) is 11.1. The maximum absolute atomic E-state index is 14.0. The molecule has 0 bridgehead atoms. The van der Waals surface area contributed by atoms with Crippen molar-refractivity contribution in [1.29, 1.82) is 0 Å². The zero-order valence-electron chi connectivity index (χ0n) is 17.3. The Labute approximate surface area is 193 Å². The van der Waals surface area contributed by atoms with E-state index in [2.05, 4.69) is 0 Å². The van der Waals surface area contributed by atoms with Gasteiger partial charge in [-0.2, -0.15) is 0 Å². The van der Waals surface area contributed by atoms with E-state index >= 15 is 0 Å². The van der Waals surface area contributed by atoms with E-state index in [0.717, 1.165) is 5.56 Å². The van der Waals surface area contributed by atoms with Gasteiger partial charge in [0.05, 0.1) is 17.2 Å². The number of rotatable bonds is 5. The van der Waals surface area contributed by atoms with Crippen molar-refractivity contribution in [3.8, 4) is 5.75 Å². The molecule has 32 heavy (non-hydrogen) atoms. The van der Waals surface area contributed by atoms with Crippen molar-refractivity contribution in [1.82, 2.24) is 0 Å². The van der Waals surface area contributed by atoms with E-state index in [1.165, 1.54) is 40.5 Å². The fourth-order valence-electron chi connectivity index (χ4n) is 3.72. The van der Waals surface area contributed by atoms with Gasteiger partial charge in [0, 0.05) is 16.1 Å². The molecule has 1 fully saturated rings. The number of aryl methyl sites for hydroxylation is 1. The Balaban J connectivity index is 1.96. The molecule has 1 atom stereocenters. The highest BCUT2D eigenvalue weighted by atomic mass is 35.5. The number of amides is 1. The van der Waals surface area contributed by atoms with E-state index < -0.39 is 29.3 Å². The first-order chi connectivity index (χ1) is 15.3. The second-order valence-corrected chi connectivity index (χ2v) is 8.55. The molecule has 5 nitrogen and oxygen atoms in total. The van der Waals surface area contributed by atoms with Crippen LogP contribution in [0.15, 0.2) is 59.5 Å². The Morgan fingerprint density at radius 2 is 2.00 bits per heavy atom. The Bertz CT molecular complexity index is 1250. The van der Waals surface area contributed by atoms with Gasteiger partial charge in [-0.1, -0.05) is 17.7 Å². The van der Waals surface area contributed by atoms with Crippen molar-refractivity contribution in [3.63, 3.8) is 0 Å². The monoisotopic (exact) mass is 471 g/mol. The fraction of sp³-hybridized carbons (Fsp3) is 0.167. The number of aliphatic hydroxyl groups is 1. The third kappa shape index (κ3) is 3.78. The fourth-order valence-corrected chi connectivity index (χ4v) is 4.96. The van der Waals surface area contributed by atoms with Crippen LogP contribution in [0.4, 0.5) is 10.1 Å². The van der Waals surface area contributed by atoms with Crippen LogP contribution < -0.4 is 9.64 Å². The van der Waals surface area contributed by atoms with Gasteiger partial charge in [-0.15, -0.1) is 11.3 Å². The summed E-state index contributed by atoms with van der Waals surface area (Å²) in [6, 6.07) is 11.1. The number of ketones is 1. The highest BCUT2D eigenvalue weighted by Gasteiger charge is 2.48. The zero-order chi connectivity index (χ0) is 23.0. The number of hydrogen-bond donors (Lipinski definition) is 1. The van der Waals surface area contributed by atoms with Crippen LogP contribution in [0.2, 0.25) is 5.02 Å². The van der Waals surface area contributed by atoms with Crippen LogP contribution in [-0.2, 0) is 9.59 Å². The number of hydrogen-bond acceptors (Lipinski definition) is 5. The summed E-state index contributed by atoms with van der Waals surface area (Å²) < 4.78 is 19.5. The van der Waals surface area contributed by atoms with Crippen LogP contribution in [0.3, 0.4) is 0 Å². The molecule has 0 radical (unpaired) electrons. The average Bonchev–Trinajstić information content (AvgIpc) is 3.29. The number of anilines is 1. The number of Topliss-reactive ketones (excluding diaryl/α,β-unsaturated/α-hetero) is 1. The predicted molar refractivity (Wildman–Crippen MR) is 123 cm³/mol. The molecule has 1 aliphatic rings. The van der Waals surface area contributed by atoms with Crippen LogP contribution in [0.25, 0.3) is 5.76 Å². The molecule has 1 unspecified atom stereocenters. The Morgan fingerprint density at radius 1 is 1.22 bits per heavy atom. The van der Waals surface area contributed by atoms with Crippen molar-refractivity contribution in [2.45, 2.75) is 19.9 Å². The number of benzene rings is 2. The number of aliphatic hydroxyl groups excluding tert-OH is 1. The Kier molecular flexibility index (Phi) is 6.04. The smallest absolute Gasteiger partial charge is 0.300 e. The minimum atomic E-state index is -0.927. The van der Waals surface area contributed by atoms with Gasteiger partial charge in [-0.25, -0.2) is 4.39 Å². The summed E-state index contributed by atoms with van der Waals surface area (Å²) in [4.78, 5) is 28.2. The van der Waals surface area contributed by atoms with E-state index in [0.29, 0.717) is 17.2 Å². The Morgan fingerprint density at radius 3 is 2.66 bits per heavy atom. The molecule has 2 heterocycles. The second-order valence-electron chi connectivity index (χ2n) is 7.19. The predicted octanol–water partition coefficient (Wildman–Crippen LogP) is 5.87. The summed E-state index contributed by atoms with van der Waals surface area (Å²) >= 11 is 7.67. The summed E-state index contributed by atoms with van der Waals surface area (Å²) in [7, 11) is 0. The molecule has 3 aromatic rings. The molecule has 0 saturated carbocycles. The van der Waals surface area contributed by atoms with Crippen molar-refractivity contribution >= 4 is 46.1 Å². The molecule has 0 spiro atoms. The molecule has 1 saturated heterocycles. The lowest BCUT2D eigenvalue weighted by Crippen LogP contribution is -2.29. The molecule has 1 amide bonds. The van der Waals surface area contributed by atoms with Gasteiger partial charge in [0.2, 0.25) is 0 Å². The molecule has 1 aliphatic heterocycles. The number of ether oxygens (including phenoxy) is 1. The van der Waals surface area contributed by atoms with Gasteiger partial charge < -0.3 is 9.84 Å². The quantitative estimate of drug-likeness (QED) is 0.287. The van der Waals surface area contributed by atoms with Crippen LogP contribution in [-0.4, -0.2) is 23.4 Å². The number of thiophene rings is 1. The minimum absolute atomic E-state index is 0.111. The minimum Gasteiger partial charge on any atom is -0.507 e. The van der Waals surface area contributed by atoms with E-state index in [9.17, 15) is 19.1 Å². The highest BCUT2D eigenvalue weighted by molar-refractivity contribution is 7.10. The first-order valence-electron chi connectivity index (χ1n) is 9.86. The molecule has 164 valence electrons. The summed E-state index contributed by atoms with van der Waals surface area (Å²) in [5, 5.41) is 13.3. The second kappa shape index (κ2) is 8.76. The lowest BCUT2D eigenvalue weighted by Gasteiger charge is -2.25. The van der Waals surface area contributed by atoms with Gasteiger partial charge in [0.15, 0.2) is 0 Å². The highest BCUT2D eigenvalue weighted by Crippen LogP contribution is 2.45. The van der Waals surface area contributed by atoms with Gasteiger partial charge >= 0.3 is 0 Å². The van der Waals surface area contributed by atoms with Crippen molar-refractivity contribution in [2.75, 3.05) is 11.5 Å². The lowest BCUT2D eigenvalue weighted by atomic mass is 9.98. The molecule has 2 aromatic carbocycles. The zero-order valence-corrected chi connectivity index (χ0v) is 18.8.